The van der Waals surface area contributed by atoms with Crippen LogP contribution in [-0.2, 0) is 9.59 Å². The molecule has 8 heteroatoms. The standard InChI is InChI=1S/C17H23N3O5/c1-24-12-5-10(6-13(8-12)25-2)20-4-3-14(17(20)23)19-16(22)15-7-11(21)9-18-15/h5-6,8,11,14-15,18,21H,3-4,7,9H2,1-2H3,(H,19,22). The maximum absolute atomic E-state index is 12.7. The first-order valence-corrected chi connectivity index (χ1v) is 8.28. The molecule has 25 heavy (non-hydrogen) atoms. The van der Waals surface area contributed by atoms with Crippen molar-refractivity contribution in [3.8, 4) is 11.5 Å². The molecule has 0 bridgehead atoms. The summed E-state index contributed by atoms with van der Waals surface area (Å²) in [6.07, 6.45) is 0.374. The van der Waals surface area contributed by atoms with Gasteiger partial charge in [-0.2, -0.15) is 0 Å². The number of anilines is 1. The van der Waals surface area contributed by atoms with E-state index in [0.29, 0.717) is 43.1 Å². The largest absolute Gasteiger partial charge is 0.497 e. The molecule has 3 atom stereocenters. The van der Waals surface area contributed by atoms with Crippen molar-refractivity contribution in [3.63, 3.8) is 0 Å². The number of nitrogens with one attached hydrogen (secondary N) is 2. The van der Waals surface area contributed by atoms with Gasteiger partial charge in [0.05, 0.1) is 32.1 Å². The number of benzene rings is 1. The second-order valence-electron chi connectivity index (χ2n) is 6.26. The molecule has 1 aromatic rings. The number of hydrogen-bond donors (Lipinski definition) is 3. The van der Waals surface area contributed by atoms with Crippen molar-refractivity contribution in [1.82, 2.24) is 10.6 Å². The van der Waals surface area contributed by atoms with Gasteiger partial charge in [0.2, 0.25) is 11.8 Å². The van der Waals surface area contributed by atoms with Gasteiger partial charge in [-0.1, -0.05) is 0 Å². The molecular weight excluding hydrogens is 326 g/mol. The first-order valence-electron chi connectivity index (χ1n) is 8.28. The molecule has 0 aromatic heterocycles. The Kier molecular flexibility index (Phi) is 5.10. The molecule has 2 aliphatic rings. The Bertz CT molecular complexity index is 643. The third kappa shape index (κ3) is 3.69. The Morgan fingerprint density at radius 2 is 1.96 bits per heavy atom. The molecule has 2 saturated heterocycles. The smallest absolute Gasteiger partial charge is 0.249 e. The number of β-amino-alcohol motifs (C(OH)–C–C–N with tert-alkyl or cyclic N) is 1. The molecule has 2 aliphatic heterocycles. The highest BCUT2D eigenvalue weighted by Gasteiger charge is 2.36. The summed E-state index contributed by atoms with van der Waals surface area (Å²) in [6.45, 7) is 0.896. The fourth-order valence-electron chi connectivity index (χ4n) is 3.21. The fraction of sp³-hybridized carbons (Fsp3) is 0.529. The average Bonchev–Trinajstić information content (AvgIpc) is 3.21. The first-order chi connectivity index (χ1) is 12.0. The highest BCUT2D eigenvalue weighted by Crippen LogP contribution is 2.31. The number of methoxy groups -OCH3 is 2. The lowest BCUT2D eigenvalue weighted by Crippen LogP contribution is -2.48. The average molecular weight is 349 g/mol. The molecule has 2 fully saturated rings. The summed E-state index contributed by atoms with van der Waals surface area (Å²) in [5, 5.41) is 15.2. The summed E-state index contributed by atoms with van der Waals surface area (Å²) in [5.74, 6) is 0.778. The van der Waals surface area contributed by atoms with Crippen molar-refractivity contribution in [2.24, 2.45) is 0 Å². The molecule has 0 aliphatic carbocycles. The van der Waals surface area contributed by atoms with E-state index in [1.165, 1.54) is 0 Å². The van der Waals surface area contributed by atoms with E-state index in [9.17, 15) is 14.7 Å². The van der Waals surface area contributed by atoms with E-state index in [1.807, 2.05) is 0 Å². The SMILES string of the molecule is COc1cc(OC)cc(N2CCC(NC(=O)C3CC(O)CN3)C2=O)c1. The van der Waals surface area contributed by atoms with Crippen LogP contribution in [0.25, 0.3) is 0 Å². The lowest BCUT2D eigenvalue weighted by Gasteiger charge is -2.19. The van der Waals surface area contributed by atoms with Gasteiger partial charge < -0.3 is 30.1 Å². The van der Waals surface area contributed by atoms with Crippen LogP contribution in [-0.4, -0.2) is 62.4 Å². The first kappa shape index (κ1) is 17.5. The molecule has 1 aromatic carbocycles. The van der Waals surface area contributed by atoms with Gasteiger partial charge in [0, 0.05) is 31.3 Å². The Hall–Kier alpha value is -2.32. The van der Waals surface area contributed by atoms with Crippen molar-refractivity contribution < 1.29 is 24.2 Å². The number of rotatable bonds is 5. The van der Waals surface area contributed by atoms with Crippen molar-refractivity contribution in [2.75, 3.05) is 32.2 Å². The highest BCUT2D eigenvalue weighted by atomic mass is 16.5. The van der Waals surface area contributed by atoms with E-state index in [2.05, 4.69) is 10.6 Å². The van der Waals surface area contributed by atoms with Crippen LogP contribution < -0.4 is 25.0 Å². The Morgan fingerprint density at radius 1 is 1.28 bits per heavy atom. The number of aliphatic hydroxyl groups excluding tert-OH is 1. The normalized spacial score (nSPS) is 26.0. The van der Waals surface area contributed by atoms with Crippen LogP contribution in [0.1, 0.15) is 12.8 Å². The number of nitrogens with zero attached hydrogens (tertiary/aromatic N) is 1. The summed E-state index contributed by atoms with van der Waals surface area (Å²) in [5.41, 5.74) is 0.673. The maximum Gasteiger partial charge on any atom is 0.249 e. The number of hydrogen-bond acceptors (Lipinski definition) is 6. The molecule has 136 valence electrons. The van der Waals surface area contributed by atoms with Crippen molar-refractivity contribution in [2.45, 2.75) is 31.0 Å². The van der Waals surface area contributed by atoms with Gasteiger partial charge in [-0.3, -0.25) is 9.59 Å². The molecule has 0 radical (unpaired) electrons. The minimum Gasteiger partial charge on any atom is -0.497 e. The van der Waals surface area contributed by atoms with Crippen LogP contribution in [0.2, 0.25) is 0 Å². The summed E-state index contributed by atoms with van der Waals surface area (Å²) in [6, 6.07) is 4.25. The predicted octanol–water partition coefficient (Wildman–Crippen LogP) is -0.352. The van der Waals surface area contributed by atoms with Crippen molar-refractivity contribution >= 4 is 17.5 Å². The number of carbonyl (C=O) groups is 2. The topological polar surface area (TPSA) is 100 Å². The Balaban J connectivity index is 1.68. The summed E-state index contributed by atoms with van der Waals surface area (Å²) >= 11 is 0. The van der Waals surface area contributed by atoms with E-state index in [1.54, 1.807) is 37.3 Å². The van der Waals surface area contributed by atoms with Gasteiger partial charge in [-0.15, -0.1) is 0 Å². The van der Waals surface area contributed by atoms with E-state index in [0.717, 1.165) is 0 Å². The summed E-state index contributed by atoms with van der Waals surface area (Å²) in [7, 11) is 3.10. The second-order valence-corrected chi connectivity index (χ2v) is 6.26. The van der Waals surface area contributed by atoms with Crippen LogP contribution in [0, 0.1) is 0 Å². The van der Waals surface area contributed by atoms with Gasteiger partial charge in [0.15, 0.2) is 0 Å². The predicted molar refractivity (Wildman–Crippen MR) is 90.9 cm³/mol. The lowest BCUT2D eigenvalue weighted by molar-refractivity contribution is -0.127. The number of aliphatic hydroxyl groups is 1. The van der Waals surface area contributed by atoms with Crippen LogP contribution in [0.15, 0.2) is 18.2 Å². The van der Waals surface area contributed by atoms with Gasteiger partial charge in [-0.05, 0) is 12.8 Å². The van der Waals surface area contributed by atoms with Crippen molar-refractivity contribution in [3.05, 3.63) is 18.2 Å². The van der Waals surface area contributed by atoms with Crippen molar-refractivity contribution in [1.29, 1.82) is 0 Å². The molecular formula is C17H23N3O5. The van der Waals surface area contributed by atoms with Crippen LogP contribution >= 0.6 is 0 Å². The molecule has 8 nitrogen and oxygen atoms in total. The van der Waals surface area contributed by atoms with E-state index in [4.69, 9.17) is 9.47 Å². The molecule has 3 N–H and O–H groups in total. The number of ether oxygens (including phenoxy) is 2. The monoisotopic (exact) mass is 349 g/mol. The lowest BCUT2D eigenvalue weighted by atomic mass is 10.1. The number of amides is 2. The van der Waals surface area contributed by atoms with E-state index < -0.39 is 18.2 Å². The van der Waals surface area contributed by atoms with Gasteiger partial charge in [-0.25, -0.2) is 0 Å². The third-order valence-corrected chi connectivity index (χ3v) is 4.59. The molecule has 0 saturated carbocycles. The molecule has 0 spiro atoms. The van der Waals surface area contributed by atoms with E-state index >= 15 is 0 Å². The van der Waals surface area contributed by atoms with Crippen LogP contribution in [0.4, 0.5) is 5.69 Å². The minimum atomic E-state index is -0.566. The van der Waals surface area contributed by atoms with Gasteiger partial charge in [0.25, 0.3) is 0 Å². The molecule has 2 amide bonds. The van der Waals surface area contributed by atoms with Gasteiger partial charge in [0.1, 0.15) is 17.5 Å². The van der Waals surface area contributed by atoms with Gasteiger partial charge >= 0.3 is 0 Å². The second kappa shape index (κ2) is 7.28. The van der Waals surface area contributed by atoms with Crippen LogP contribution in [0.3, 0.4) is 0 Å². The maximum atomic E-state index is 12.7. The fourth-order valence-corrected chi connectivity index (χ4v) is 3.21. The summed E-state index contributed by atoms with van der Waals surface area (Å²) < 4.78 is 10.5. The van der Waals surface area contributed by atoms with E-state index in [-0.39, 0.29) is 11.8 Å². The Morgan fingerprint density at radius 3 is 2.52 bits per heavy atom. The Labute approximate surface area is 146 Å². The third-order valence-electron chi connectivity index (χ3n) is 4.59. The molecule has 3 unspecified atom stereocenters. The minimum absolute atomic E-state index is 0.165. The molecule has 3 rings (SSSR count). The summed E-state index contributed by atoms with van der Waals surface area (Å²) in [4.78, 5) is 26.5. The zero-order valence-corrected chi connectivity index (χ0v) is 14.3. The quantitative estimate of drug-likeness (QED) is 0.672. The van der Waals surface area contributed by atoms with Crippen LogP contribution in [0.5, 0.6) is 11.5 Å². The number of carbonyl (C=O) groups excluding carboxylic acids is 2. The zero-order valence-electron chi connectivity index (χ0n) is 14.3. The highest BCUT2D eigenvalue weighted by molar-refractivity contribution is 6.02. The molecule has 2 heterocycles. The zero-order chi connectivity index (χ0) is 18.0.